The predicted octanol–water partition coefficient (Wildman–Crippen LogP) is 1.07. The molecule has 0 bridgehead atoms. The zero-order valence-corrected chi connectivity index (χ0v) is 11.1. The third-order valence-corrected chi connectivity index (χ3v) is 3.07. The molecule has 104 valence electrons. The summed E-state index contributed by atoms with van der Waals surface area (Å²) >= 11 is 0. The molecule has 1 amide bonds. The summed E-state index contributed by atoms with van der Waals surface area (Å²) in [6.07, 6.45) is 0.988. The van der Waals surface area contributed by atoms with Crippen LogP contribution in [0.3, 0.4) is 0 Å². The molecule has 1 heterocycles. The summed E-state index contributed by atoms with van der Waals surface area (Å²) in [6, 6.07) is 7.44. The number of fused-ring (bicyclic) bond motifs is 1. The molecule has 2 rings (SSSR count). The number of hydrogen-bond acceptors (Lipinski definition) is 4. The van der Waals surface area contributed by atoms with Gasteiger partial charge in [0.15, 0.2) is 11.5 Å². The Bertz CT molecular complexity index is 436. The number of benzene rings is 1. The molecule has 19 heavy (non-hydrogen) atoms. The van der Waals surface area contributed by atoms with Crippen molar-refractivity contribution in [2.75, 3.05) is 13.2 Å². The molecule has 1 aliphatic rings. The topological polar surface area (TPSA) is 73.6 Å². The van der Waals surface area contributed by atoms with Crippen LogP contribution in [0.2, 0.25) is 0 Å². The molecule has 5 nitrogen and oxygen atoms in total. The standard InChI is InChI=1S/C14H20N2O3/c1-2-10(15)7-14(17)16-8-11-9-18-12-5-3-4-6-13(12)19-11/h3-6,10-11H,2,7-9,15H2,1H3,(H,16,17). The van der Waals surface area contributed by atoms with Gasteiger partial charge in [0.2, 0.25) is 5.91 Å². The van der Waals surface area contributed by atoms with Crippen LogP contribution in [0.25, 0.3) is 0 Å². The normalized spacial score (nSPS) is 18.7. The van der Waals surface area contributed by atoms with E-state index in [0.717, 1.165) is 17.9 Å². The van der Waals surface area contributed by atoms with E-state index in [1.807, 2.05) is 31.2 Å². The third kappa shape index (κ3) is 3.86. The first kappa shape index (κ1) is 13.7. The summed E-state index contributed by atoms with van der Waals surface area (Å²) in [5.74, 6) is 1.42. The van der Waals surface area contributed by atoms with E-state index in [1.54, 1.807) is 0 Å². The maximum atomic E-state index is 11.6. The van der Waals surface area contributed by atoms with Gasteiger partial charge in [-0.15, -0.1) is 0 Å². The van der Waals surface area contributed by atoms with Crippen molar-refractivity contribution in [3.05, 3.63) is 24.3 Å². The Hall–Kier alpha value is -1.75. The molecular formula is C14H20N2O3. The zero-order chi connectivity index (χ0) is 13.7. The van der Waals surface area contributed by atoms with E-state index in [9.17, 15) is 4.79 Å². The Balaban J connectivity index is 1.78. The first-order valence-corrected chi connectivity index (χ1v) is 6.59. The maximum absolute atomic E-state index is 11.6. The summed E-state index contributed by atoms with van der Waals surface area (Å²) in [6.45, 7) is 2.84. The van der Waals surface area contributed by atoms with Crippen LogP contribution in [0.1, 0.15) is 19.8 Å². The summed E-state index contributed by atoms with van der Waals surface area (Å²) in [4.78, 5) is 11.6. The number of ether oxygens (including phenoxy) is 2. The molecule has 2 atom stereocenters. The zero-order valence-electron chi connectivity index (χ0n) is 11.1. The smallest absolute Gasteiger partial charge is 0.221 e. The number of para-hydroxylation sites is 2. The van der Waals surface area contributed by atoms with E-state index < -0.39 is 0 Å². The minimum absolute atomic E-state index is 0.0446. The maximum Gasteiger partial charge on any atom is 0.221 e. The minimum Gasteiger partial charge on any atom is -0.486 e. The largest absolute Gasteiger partial charge is 0.486 e. The number of carbonyl (C=O) groups excluding carboxylic acids is 1. The molecule has 5 heteroatoms. The highest BCUT2D eigenvalue weighted by molar-refractivity contribution is 5.76. The quantitative estimate of drug-likeness (QED) is 0.834. The monoisotopic (exact) mass is 264 g/mol. The van der Waals surface area contributed by atoms with Crippen LogP contribution in [-0.4, -0.2) is 31.2 Å². The third-order valence-electron chi connectivity index (χ3n) is 3.07. The second kappa shape index (κ2) is 6.43. The molecule has 0 spiro atoms. The average molecular weight is 264 g/mol. The highest BCUT2D eigenvalue weighted by Gasteiger charge is 2.21. The lowest BCUT2D eigenvalue weighted by atomic mass is 10.1. The van der Waals surface area contributed by atoms with Crippen LogP contribution < -0.4 is 20.5 Å². The van der Waals surface area contributed by atoms with Gasteiger partial charge in [-0.05, 0) is 18.6 Å². The van der Waals surface area contributed by atoms with Gasteiger partial charge in [0.1, 0.15) is 12.7 Å². The highest BCUT2D eigenvalue weighted by atomic mass is 16.6. The van der Waals surface area contributed by atoms with Gasteiger partial charge in [-0.2, -0.15) is 0 Å². The van der Waals surface area contributed by atoms with Crippen molar-refractivity contribution in [3.63, 3.8) is 0 Å². The number of hydrogen-bond donors (Lipinski definition) is 2. The van der Waals surface area contributed by atoms with Crippen molar-refractivity contribution in [2.45, 2.75) is 31.9 Å². The van der Waals surface area contributed by atoms with Gasteiger partial charge < -0.3 is 20.5 Å². The number of amides is 1. The van der Waals surface area contributed by atoms with E-state index in [4.69, 9.17) is 15.2 Å². The van der Waals surface area contributed by atoms with Crippen molar-refractivity contribution >= 4 is 5.91 Å². The van der Waals surface area contributed by atoms with Crippen molar-refractivity contribution < 1.29 is 14.3 Å². The molecule has 0 aliphatic carbocycles. The minimum atomic E-state index is -0.156. The van der Waals surface area contributed by atoms with Gasteiger partial charge in [-0.3, -0.25) is 4.79 Å². The Morgan fingerprint density at radius 2 is 2.21 bits per heavy atom. The number of carbonyl (C=O) groups is 1. The van der Waals surface area contributed by atoms with Gasteiger partial charge in [-0.1, -0.05) is 19.1 Å². The molecule has 1 aliphatic heterocycles. The number of rotatable bonds is 5. The van der Waals surface area contributed by atoms with Crippen LogP contribution >= 0.6 is 0 Å². The Morgan fingerprint density at radius 3 is 2.95 bits per heavy atom. The summed E-state index contributed by atoms with van der Waals surface area (Å²) in [5.41, 5.74) is 5.73. The van der Waals surface area contributed by atoms with E-state index in [-0.39, 0.29) is 18.1 Å². The van der Waals surface area contributed by atoms with Crippen LogP contribution in [0, 0.1) is 0 Å². The van der Waals surface area contributed by atoms with Crippen molar-refractivity contribution in [2.24, 2.45) is 5.73 Å². The molecule has 0 saturated carbocycles. The molecular weight excluding hydrogens is 244 g/mol. The Kier molecular flexibility index (Phi) is 4.63. The summed E-state index contributed by atoms with van der Waals surface area (Å²) in [5, 5.41) is 2.82. The molecule has 0 radical (unpaired) electrons. The van der Waals surface area contributed by atoms with Gasteiger partial charge in [0.25, 0.3) is 0 Å². The van der Waals surface area contributed by atoms with Crippen LogP contribution in [-0.2, 0) is 4.79 Å². The number of nitrogens with two attached hydrogens (primary N) is 1. The van der Waals surface area contributed by atoms with Crippen LogP contribution in [0.15, 0.2) is 24.3 Å². The lowest BCUT2D eigenvalue weighted by Crippen LogP contribution is -2.42. The van der Waals surface area contributed by atoms with Crippen LogP contribution in [0.4, 0.5) is 0 Å². The summed E-state index contributed by atoms with van der Waals surface area (Å²) < 4.78 is 11.3. The number of nitrogens with one attached hydrogen (secondary N) is 1. The molecule has 1 aromatic carbocycles. The lowest BCUT2D eigenvalue weighted by Gasteiger charge is -2.26. The van der Waals surface area contributed by atoms with Gasteiger partial charge in [0, 0.05) is 12.5 Å². The second-order valence-electron chi connectivity index (χ2n) is 4.67. The van der Waals surface area contributed by atoms with Crippen LogP contribution in [0.5, 0.6) is 11.5 Å². The van der Waals surface area contributed by atoms with E-state index in [2.05, 4.69) is 5.32 Å². The molecule has 0 fully saturated rings. The van der Waals surface area contributed by atoms with Crippen molar-refractivity contribution in [1.82, 2.24) is 5.32 Å². The summed E-state index contributed by atoms with van der Waals surface area (Å²) in [7, 11) is 0. The van der Waals surface area contributed by atoms with E-state index >= 15 is 0 Å². The van der Waals surface area contributed by atoms with Crippen molar-refractivity contribution in [3.8, 4) is 11.5 Å². The SMILES string of the molecule is CCC(N)CC(=O)NCC1COc2ccccc2O1. The predicted molar refractivity (Wildman–Crippen MR) is 72.2 cm³/mol. The molecule has 1 aromatic rings. The fraction of sp³-hybridized carbons (Fsp3) is 0.500. The van der Waals surface area contributed by atoms with Crippen molar-refractivity contribution in [1.29, 1.82) is 0 Å². The molecule has 2 unspecified atom stereocenters. The molecule has 0 saturated heterocycles. The van der Waals surface area contributed by atoms with E-state index in [1.165, 1.54) is 0 Å². The Morgan fingerprint density at radius 1 is 1.47 bits per heavy atom. The second-order valence-corrected chi connectivity index (χ2v) is 4.67. The lowest BCUT2D eigenvalue weighted by molar-refractivity contribution is -0.121. The van der Waals surface area contributed by atoms with Gasteiger partial charge in [0.05, 0.1) is 6.54 Å². The van der Waals surface area contributed by atoms with E-state index in [0.29, 0.717) is 19.6 Å². The van der Waals surface area contributed by atoms with Gasteiger partial charge >= 0.3 is 0 Å². The van der Waals surface area contributed by atoms with Gasteiger partial charge in [-0.25, -0.2) is 0 Å². The first-order valence-electron chi connectivity index (χ1n) is 6.59. The fourth-order valence-corrected chi connectivity index (χ4v) is 1.85. The average Bonchev–Trinajstić information content (AvgIpc) is 2.44. The molecule has 3 N–H and O–H groups in total. The first-order chi connectivity index (χ1) is 9.19. The highest BCUT2D eigenvalue weighted by Crippen LogP contribution is 2.30. The molecule has 0 aromatic heterocycles. The fourth-order valence-electron chi connectivity index (χ4n) is 1.85. The Labute approximate surface area is 113 Å².